The highest BCUT2D eigenvalue weighted by Crippen LogP contribution is 2.20. The van der Waals surface area contributed by atoms with Crippen molar-refractivity contribution in [3.63, 3.8) is 0 Å². The standard InChI is InChI=1S/C14H19N7O2/c1-2-19-8-5-15-12(13(19)22)17-14(23)20-7-3-4-11(10-20)21-9-6-16-18-21/h5-6,8-9,11H,2-4,7,10H2,1H3,(H,15,17,23). The molecule has 1 fully saturated rings. The Bertz CT molecular complexity index is 725. The van der Waals surface area contributed by atoms with E-state index in [1.165, 1.54) is 10.8 Å². The van der Waals surface area contributed by atoms with Gasteiger partial charge in [0.1, 0.15) is 0 Å². The Hall–Kier alpha value is -2.71. The van der Waals surface area contributed by atoms with Crippen molar-refractivity contribution >= 4 is 11.8 Å². The van der Waals surface area contributed by atoms with Crippen LogP contribution in [0.2, 0.25) is 0 Å². The number of hydrogen-bond acceptors (Lipinski definition) is 5. The number of aryl methyl sites for hydroxylation is 1. The van der Waals surface area contributed by atoms with Crippen molar-refractivity contribution in [2.75, 3.05) is 18.4 Å². The summed E-state index contributed by atoms with van der Waals surface area (Å²) in [5.41, 5.74) is -0.298. The molecule has 122 valence electrons. The topological polar surface area (TPSA) is 97.9 Å². The third-order valence-corrected chi connectivity index (χ3v) is 3.98. The number of nitrogens with zero attached hydrogens (tertiary/aromatic N) is 6. The van der Waals surface area contributed by atoms with E-state index < -0.39 is 0 Å². The molecule has 1 N–H and O–H groups in total. The van der Waals surface area contributed by atoms with Crippen LogP contribution >= 0.6 is 0 Å². The van der Waals surface area contributed by atoms with Gasteiger partial charge in [-0.1, -0.05) is 5.21 Å². The minimum absolute atomic E-state index is 0.0576. The number of nitrogens with one attached hydrogen (secondary N) is 1. The molecule has 2 aromatic heterocycles. The van der Waals surface area contributed by atoms with Gasteiger partial charge in [-0.25, -0.2) is 14.5 Å². The molecule has 0 spiro atoms. The van der Waals surface area contributed by atoms with Gasteiger partial charge in [0.05, 0.1) is 12.2 Å². The van der Waals surface area contributed by atoms with Crippen LogP contribution in [0.1, 0.15) is 25.8 Å². The van der Waals surface area contributed by atoms with Crippen LogP contribution in [0.15, 0.2) is 29.6 Å². The van der Waals surface area contributed by atoms with Gasteiger partial charge in [0.15, 0.2) is 0 Å². The van der Waals surface area contributed by atoms with Crippen LogP contribution in [0.3, 0.4) is 0 Å². The molecule has 0 bridgehead atoms. The monoisotopic (exact) mass is 317 g/mol. The van der Waals surface area contributed by atoms with Crippen LogP contribution in [0.5, 0.6) is 0 Å². The highest BCUT2D eigenvalue weighted by atomic mass is 16.2. The molecular weight excluding hydrogens is 298 g/mol. The molecule has 0 radical (unpaired) electrons. The molecule has 2 aromatic rings. The number of amides is 2. The fourth-order valence-electron chi connectivity index (χ4n) is 2.73. The Balaban J connectivity index is 1.70. The van der Waals surface area contributed by atoms with Gasteiger partial charge in [-0.3, -0.25) is 10.1 Å². The summed E-state index contributed by atoms with van der Waals surface area (Å²) in [6, 6.07) is -0.207. The number of anilines is 1. The summed E-state index contributed by atoms with van der Waals surface area (Å²) >= 11 is 0. The Kier molecular flexibility index (Phi) is 4.35. The van der Waals surface area contributed by atoms with E-state index in [2.05, 4.69) is 20.6 Å². The molecule has 1 unspecified atom stereocenters. The van der Waals surface area contributed by atoms with Gasteiger partial charge >= 0.3 is 6.03 Å². The Labute approximate surface area is 132 Å². The van der Waals surface area contributed by atoms with Crippen molar-refractivity contribution in [2.45, 2.75) is 32.4 Å². The van der Waals surface area contributed by atoms with Gasteiger partial charge in [0.2, 0.25) is 5.82 Å². The minimum atomic E-state index is -0.312. The van der Waals surface area contributed by atoms with Gasteiger partial charge in [0.25, 0.3) is 5.56 Å². The fraction of sp³-hybridized carbons (Fsp3) is 0.500. The van der Waals surface area contributed by atoms with Crippen LogP contribution in [0.25, 0.3) is 0 Å². The molecule has 0 aliphatic carbocycles. The molecule has 0 aromatic carbocycles. The second-order valence-corrected chi connectivity index (χ2v) is 5.42. The predicted octanol–water partition coefficient (Wildman–Crippen LogP) is 0.724. The Morgan fingerprint density at radius 3 is 3.00 bits per heavy atom. The number of rotatable bonds is 3. The first-order valence-electron chi connectivity index (χ1n) is 7.66. The molecule has 1 aliphatic heterocycles. The van der Waals surface area contributed by atoms with Crippen molar-refractivity contribution < 1.29 is 4.79 Å². The quantitative estimate of drug-likeness (QED) is 0.899. The first-order chi connectivity index (χ1) is 11.2. The average molecular weight is 317 g/mol. The first kappa shape index (κ1) is 15.2. The second kappa shape index (κ2) is 6.59. The fourth-order valence-corrected chi connectivity index (χ4v) is 2.73. The lowest BCUT2D eigenvalue weighted by molar-refractivity contribution is 0.174. The average Bonchev–Trinajstić information content (AvgIpc) is 3.11. The molecule has 3 rings (SSSR count). The lowest BCUT2D eigenvalue weighted by Crippen LogP contribution is -2.44. The minimum Gasteiger partial charge on any atom is -0.322 e. The molecular formula is C14H19N7O2. The van der Waals surface area contributed by atoms with Gasteiger partial charge in [-0.05, 0) is 19.8 Å². The van der Waals surface area contributed by atoms with Crippen molar-refractivity contribution in [3.05, 3.63) is 35.1 Å². The van der Waals surface area contributed by atoms with Crippen LogP contribution in [0, 0.1) is 0 Å². The van der Waals surface area contributed by atoms with Crippen molar-refractivity contribution in [3.8, 4) is 0 Å². The zero-order valence-electron chi connectivity index (χ0n) is 12.9. The maximum atomic E-state index is 12.4. The number of likely N-dealkylation sites (tertiary alicyclic amines) is 1. The summed E-state index contributed by atoms with van der Waals surface area (Å²) in [5.74, 6) is 0.0576. The van der Waals surface area contributed by atoms with Crippen molar-refractivity contribution in [2.24, 2.45) is 0 Å². The highest BCUT2D eigenvalue weighted by Gasteiger charge is 2.25. The van der Waals surface area contributed by atoms with Crippen molar-refractivity contribution in [1.82, 2.24) is 29.4 Å². The van der Waals surface area contributed by atoms with Gasteiger partial charge in [0, 0.05) is 38.2 Å². The van der Waals surface area contributed by atoms with E-state index in [1.54, 1.807) is 28.2 Å². The number of urea groups is 1. The maximum Gasteiger partial charge on any atom is 0.323 e. The summed E-state index contributed by atoms with van der Waals surface area (Å²) in [6.45, 7) is 3.57. The summed E-state index contributed by atoms with van der Waals surface area (Å²) in [4.78, 5) is 30.2. The number of aromatic nitrogens is 5. The van der Waals surface area contributed by atoms with Gasteiger partial charge < -0.3 is 9.47 Å². The van der Waals surface area contributed by atoms with E-state index in [9.17, 15) is 9.59 Å². The van der Waals surface area contributed by atoms with Crippen LogP contribution in [-0.4, -0.2) is 48.6 Å². The molecule has 2 amide bonds. The van der Waals surface area contributed by atoms with Crippen LogP contribution in [0.4, 0.5) is 10.6 Å². The van der Waals surface area contributed by atoms with E-state index in [0.29, 0.717) is 19.6 Å². The number of hydrogen-bond donors (Lipinski definition) is 1. The zero-order valence-corrected chi connectivity index (χ0v) is 12.9. The summed E-state index contributed by atoms with van der Waals surface area (Å²) in [6.07, 6.45) is 8.35. The third-order valence-electron chi connectivity index (χ3n) is 3.98. The van der Waals surface area contributed by atoms with Gasteiger partial charge in [-0.15, -0.1) is 5.10 Å². The summed E-state index contributed by atoms with van der Waals surface area (Å²) in [5, 5.41) is 10.4. The van der Waals surface area contributed by atoms with Crippen LogP contribution in [-0.2, 0) is 6.54 Å². The maximum absolute atomic E-state index is 12.4. The predicted molar refractivity (Wildman–Crippen MR) is 83.1 cm³/mol. The Morgan fingerprint density at radius 1 is 1.39 bits per heavy atom. The summed E-state index contributed by atoms with van der Waals surface area (Å²) in [7, 11) is 0. The molecule has 9 nitrogen and oxygen atoms in total. The Morgan fingerprint density at radius 2 is 2.26 bits per heavy atom. The summed E-state index contributed by atoms with van der Waals surface area (Å²) < 4.78 is 3.27. The second-order valence-electron chi connectivity index (χ2n) is 5.42. The van der Waals surface area contributed by atoms with Crippen molar-refractivity contribution in [1.29, 1.82) is 0 Å². The molecule has 0 saturated carbocycles. The van der Waals surface area contributed by atoms with E-state index in [0.717, 1.165) is 12.8 Å². The first-order valence-corrected chi connectivity index (χ1v) is 7.66. The lowest BCUT2D eigenvalue weighted by atomic mass is 10.1. The smallest absolute Gasteiger partial charge is 0.322 e. The number of piperidine rings is 1. The van der Waals surface area contributed by atoms with E-state index in [-0.39, 0.29) is 23.5 Å². The highest BCUT2D eigenvalue weighted by molar-refractivity contribution is 5.88. The van der Waals surface area contributed by atoms with Gasteiger partial charge in [-0.2, -0.15) is 0 Å². The lowest BCUT2D eigenvalue weighted by Gasteiger charge is -2.32. The number of carbonyl (C=O) groups is 1. The molecule has 1 saturated heterocycles. The SMILES string of the molecule is CCn1ccnc(NC(=O)N2CCCC(n3ccnn3)C2)c1=O. The molecule has 9 heteroatoms. The van der Waals surface area contributed by atoms with E-state index >= 15 is 0 Å². The molecule has 3 heterocycles. The zero-order chi connectivity index (χ0) is 16.2. The van der Waals surface area contributed by atoms with E-state index in [1.807, 2.05) is 6.92 Å². The van der Waals surface area contributed by atoms with Crippen LogP contribution < -0.4 is 10.9 Å². The largest absolute Gasteiger partial charge is 0.323 e. The third kappa shape index (κ3) is 3.22. The molecule has 1 atom stereocenters. The molecule has 23 heavy (non-hydrogen) atoms. The number of carbonyl (C=O) groups excluding carboxylic acids is 1. The molecule has 1 aliphatic rings. The normalized spacial score (nSPS) is 18.0. The van der Waals surface area contributed by atoms with E-state index in [4.69, 9.17) is 0 Å².